The van der Waals surface area contributed by atoms with Crippen LogP contribution in [0.15, 0.2) is 46.9 Å². The Kier molecular flexibility index (Phi) is 5.93. The number of rotatable bonds is 5. The zero-order valence-corrected chi connectivity index (χ0v) is 14.7. The van der Waals surface area contributed by atoms with E-state index in [9.17, 15) is 9.59 Å². The molecule has 23 heavy (non-hydrogen) atoms. The highest BCUT2D eigenvalue weighted by molar-refractivity contribution is 9.10. The Hall–Kier alpha value is -2.14. The summed E-state index contributed by atoms with van der Waals surface area (Å²) < 4.78 is 0.958. The van der Waals surface area contributed by atoms with Crippen molar-refractivity contribution < 1.29 is 9.59 Å². The lowest BCUT2D eigenvalue weighted by Crippen LogP contribution is -2.34. The van der Waals surface area contributed by atoms with Crippen molar-refractivity contribution in [2.75, 3.05) is 11.9 Å². The van der Waals surface area contributed by atoms with E-state index in [1.54, 1.807) is 0 Å². The minimum atomic E-state index is -0.242. The molecule has 4 nitrogen and oxygen atoms in total. The first-order valence-electron chi connectivity index (χ1n) is 7.33. The summed E-state index contributed by atoms with van der Waals surface area (Å²) in [5.41, 5.74) is 3.73. The van der Waals surface area contributed by atoms with E-state index in [1.807, 2.05) is 56.3 Å². The molecule has 0 aliphatic heterocycles. The average Bonchev–Trinajstić information content (AvgIpc) is 2.50. The smallest absolute Gasteiger partial charge is 0.243 e. The lowest BCUT2D eigenvalue weighted by molar-refractivity contribution is -0.123. The molecule has 0 radical (unpaired) electrons. The van der Waals surface area contributed by atoms with Gasteiger partial charge in [0.05, 0.1) is 13.0 Å². The Labute approximate surface area is 144 Å². The second-order valence-corrected chi connectivity index (χ2v) is 6.30. The van der Waals surface area contributed by atoms with Crippen molar-refractivity contribution in [3.8, 4) is 0 Å². The number of halogens is 1. The zero-order chi connectivity index (χ0) is 16.8. The molecule has 0 aliphatic carbocycles. The first-order valence-corrected chi connectivity index (χ1v) is 8.12. The molecular formula is C18H19BrN2O2. The lowest BCUT2D eigenvalue weighted by atomic mass is 10.1. The number of aryl methyl sites for hydroxylation is 2. The van der Waals surface area contributed by atoms with Crippen molar-refractivity contribution in [3.05, 3.63) is 63.6 Å². The molecular weight excluding hydrogens is 356 g/mol. The van der Waals surface area contributed by atoms with Crippen LogP contribution in [0.1, 0.15) is 16.7 Å². The molecule has 2 rings (SSSR count). The van der Waals surface area contributed by atoms with Gasteiger partial charge in [0.1, 0.15) is 0 Å². The minimum Gasteiger partial charge on any atom is -0.347 e. The summed E-state index contributed by atoms with van der Waals surface area (Å²) in [6, 6.07) is 13.3. The maximum absolute atomic E-state index is 11.9. The number of hydrogen-bond donors (Lipinski definition) is 2. The van der Waals surface area contributed by atoms with Crippen LogP contribution in [0.25, 0.3) is 0 Å². The van der Waals surface area contributed by atoms with Crippen molar-refractivity contribution >= 4 is 33.4 Å². The predicted octanol–water partition coefficient (Wildman–Crippen LogP) is 3.36. The molecule has 5 heteroatoms. The standard InChI is InChI=1S/C18H19BrN2O2/c1-12-5-3-4-6-14(12)10-17(22)20-11-18(23)21-16-8-7-15(19)9-13(16)2/h3-9H,10-11H2,1-2H3,(H,20,22)(H,21,23). The van der Waals surface area contributed by atoms with Gasteiger partial charge in [-0.15, -0.1) is 0 Å². The van der Waals surface area contributed by atoms with Crippen molar-refractivity contribution in [2.45, 2.75) is 20.3 Å². The third-order valence-electron chi connectivity index (χ3n) is 3.52. The van der Waals surface area contributed by atoms with E-state index in [0.29, 0.717) is 0 Å². The van der Waals surface area contributed by atoms with Gasteiger partial charge in [-0.3, -0.25) is 9.59 Å². The Morgan fingerprint density at radius 1 is 1.00 bits per heavy atom. The van der Waals surface area contributed by atoms with E-state index in [0.717, 1.165) is 26.9 Å². The maximum atomic E-state index is 11.9. The fourth-order valence-electron chi connectivity index (χ4n) is 2.18. The first-order chi connectivity index (χ1) is 11.0. The molecule has 2 aromatic carbocycles. The summed E-state index contributed by atoms with van der Waals surface area (Å²) in [6.45, 7) is 3.84. The monoisotopic (exact) mass is 374 g/mol. The molecule has 0 aliphatic rings. The van der Waals surface area contributed by atoms with Crippen LogP contribution < -0.4 is 10.6 Å². The second kappa shape index (κ2) is 7.92. The molecule has 0 heterocycles. The Bertz CT molecular complexity index is 729. The number of carbonyl (C=O) groups excluding carboxylic acids is 2. The number of benzene rings is 2. The van der Waals surface area contributed by atoms with Gasteiger partial charge in [-0.1, -0.05) is 40.2 Å². The van der Waals surface area contributed by atoms with Crippen LogP contribution in [0.3, 0.4) is 0 Å². The molecule has 0 spiro atoms. The predicted molar refractivity (Wildman–Crippen MR) is 95.4 cm³/mol. The quantitative estimate of drug-likeness (QED) is 0.842. The summed E-state index contributed by atoms with van der Waals surface area (Å²) >= 11 is 3.38. The van der Waals surface area contributed by atoms with Crippen LogP contribution in [0.2, 0.25) is 0 Å². The Morgan fingerprint density at radius 2 is 1.74 bits per heavy atom. The van der Waals surface area contributed by atoms with Gasteiger partial charge in [-0.25, -0.2) is 0 Å². The Balaban J connectivity index is 1.84. The molecule has 120 valence electrons. The van der Waals surface area contributed by atoms with Gasteiger partial charge in [0.15, 0.2) is 0 Å². The number of amides is 2. The zero-order valence-electron chi connectivity index (χ0n) is 13.2. The number of anilines is 1. The summed E-state index contributed by atoms with van der Waals surface area (Å²) in [5.74, 6) is -0.407. The van der Waals surface area contributed by atoms with Crippen molar-refractivity contribution in [1.82, 2.24) is 5.32 Å². The molecule has 0 bridgehead atoms. The second-order valence-electron chi connectivity index (χ2n) is 5.39. The third kappa shape index (κ3) is 5.21. The van der Waals surface area contributed by atoms with Crippen LogP contribution in [0, 0.1) is 13.8 Å². The summed E-state index contributed by atoms with van der Waals surface area (Å²) in [6.07, 6.45) is 0.275. The highest BCUT2D eigenvalue weighted by Gasteiger charge is 2.09. The maximum Gasteiger partial charge on any atom is 0.243 e. The van der Waals surface area contributed by atoms with Gasteiger partial charge in [0, 0.05) is 10.2 Å². The molecule has 0 saturated heterocycles. The molecule has 2 N–H and O–H groups in total. The molecule has 2 amide bonds. The molecule has 0 unspecified atom stereocenters. The molecule has 2 aromatic rings. The first kappa shape index (κ1) is 17.2. The minimum absolute atomic E-state index is 0.0414. The third-order valence-corrected chi connectivity index (χ3v) is 4.01. The van der Waals surface area contributed by atoms with E-state index in [-0.39, 0.29) is 24.8 Å². The SMILES string of the molecule is Cc1ccccc1CC(=O)NCC(=O)Nc1ccc(Br)cc1C. The van der Waals surface area contributed by atoms with Gasteiger partial charge in [0.25, 0.3) is 0 Å². The molecule has 0 atom stereocenters. The van der Waals surface area contributed by atoms with Gasteiger partial charge >= 0.3 is 0 Å². The summed E-state index contributed by atoms with van der Waals surface area (Å²) in [5, 5.41) is 5.44. The number of nitrogens with one attached hydrogen (secondary N) is 2. The largest absolute Gasteiger partial charge is 0.347 e. The topological polar surface area (TPSA) is 58.2 Å². The van der Waals surface area contributed by atoms with Crippen molar-refractivity contribution in [2.24, 2.45) is 0 Å². The van der Waals surface area contributed by atoms with Crippen LogP contribution in [0.4, 0.5) is 5.69 Å². The summed E-state index contributed by atoms with van der Waals surface area (Å²) in [4.78, 5) is 23.9. The van der Waals surface area contributed by atoms with Crippen molar-refractivity contribution in [3.63, 3.8) is 0 Å². The number of hydrogen-bond acceptors (Lipinski definition) is 2. The fraction of sp³-hybridized carbons (Fsp3) is 0.222. The molecule has 0 fully saturated rings. The van der Waals surface area contributed by atoms with E-state index in [4.69, 9.17) is 0 Å². The van der Waals surface area contributed by atoms with Crippen LogP contribution in [-0.4, -0.2) is 18.4 Å². The van der Waals surface area contributed by atoms with Crippen LogP contribution >= 0.6 is 15.9 Å². The average molecular weight is 375 g/mol. The van der Waals surface area contributed by atoms with Gasteiger partial charge in [-0.05, 0) is 48.7 Å². The lowest BCUT2D eigenvalue weighted by Gasteiger charge is -2.10. The number of carbonyl (C=O) groups is 2. The molecule has 0 aromatic heterocycles. The van der Waals surface area contributed by atoms with Crippen LogP contribution in [-0.2, 0) is 16.0 Å². The highest BCUT2D eigenvalue weighted by atomic mass is 79.9. The normalized spacial score (nSPS) is 10.2. The fourth-order valence-corrected chi connectivity index (χ4v) is 2.66. The molecule has 0 saturated carbocycles. The summed E-state index contributed by atoms with van der Waals surface area (Å²) in [7, 11) is 0. The van der Waals surface area contributed by atoms with E-state index in [1.165, 1.54) is 0 Å². The highest BCUT2D eigenvalue weighted by Crippen LogP contribution is 2.19. The van der Waals surface area contributed by atoms with E-state index >= 15 is 0 Å². The van der Waals surface area contributed by atoms with Gasteiger partial charge < -0.3 is 10.6 Å². The van der Waals surface area contributed by atoms with Gasteiger partial charge in [-0.2, -0.15) is 0 Å². The van der Waals surface area contributed by atoms with E-state index in [2.05, 4.69) is 26.6 Å². The van der Waals surface area contributed by atoms with E-state index < -0.39 is 0 Å². The van der Waals surface area contributed by atoms with Crippen molar-refractivity contribution in [1.29, 1.82) is 0 Å². The van der Waals surface area contributed by atoms with Gasteiger partial charge in [0.2, 0.25) is 11.8 Å². The Morgan fingerprint density at radius 3 is 2.43 bits per heavy atom. The van der Waals surface area contributed by atoms with Crippen LogP contribution in [0.5, 0.6) is 0 Å².